The van der Waals surface area contributed by atoms with E-state index >= 15 is 0 Å². The van der Waals surface area contributed by atoms with Gasteiger partial charge in [0.05, 0.1) is 55.2 Å². The number of likely N-dealkylation sites (tertiary alicyclic amines) is 1. The van der Waals surface area contributed by atoms with Crippen LogP contribution in [-0.2, 0) is 6.54 Å². The Morgan fingerprint density at radius 2 is 1.72 bits per heavy atom. The number of para-hydroxylation sites is 2. The lowest BCUT2D eigenvalue weighted by atomic mass is 9.94. The fourth-order valence-electron chi connectivity index (χ4n) is 6.69. The van der Waals surface area contributed by atoms with Gasteiger partial charge in [-0.05, 0) is 79.9 Å². The first-order valence-corrected chi connectivity index (χ1v) is 17.5. The number of hydrogen-bond acceptors (Lipinski definition) is 8. The number of nitrogens with one attached hydrogen (secondary N) is 1. The van der Waals surface area contributed by atoms with Crippen molar-refractivity contribution in [1.82, 2.24) is 19.4 Å². The van der Waals surface area contributed by atoms with Gasteiger partial charge in [-0.15, -0.1) is 0 Å². The normalized spacial score (nSPS) is 14.4. The molecule has 3 aromatic carbocycles. The van der Waals surface area contributed by atoms with E-state index in [0.29, 0.717) is 52.0 Å². The number of anilines is 1. The monoisotopic (exact) mass is 719 g/mol. The molecule has 1 atom stereocenters. The summed E-state index contributed by atoms with van der Waals surface area (Å²) in [6.45, 7) is 3.87. The summed E-state index contributed by atoms with van der Waals surface area (Å²) < 4.78 is 24.3. The Balaban J connectivity index is 1.11. The minimum absolute atomic E-state index is 0.0260. The summed E-state index contributed by atoms with van der Waals surface area (Å²) in [4.78, 5) is 22.9. The van der Waals surface area contributed by atoms with Gasteiger partial charge in [0, 0.05) is 44.2 Å². The molecule has 1 aliphatic heterocycles. The first-order valence-electron chi connectivity index (χ1n) is 16.7. The van der Waals surface area contributed by atoms with Gasteiger partial charge in [0.25, 0.3) is 5.91 Å². The van der Waals surface area contributed by atoms with Gasteiger partial charge in [0.1, 0.15) is 5.76 Å². The van der Waals surface area contributed by atoms with Gasteiger partial charge in [0.2, 0.25) is 11.7 Å². The van der Waals surface area contributed by atoms with E-state index in [1.54, 1.807) is 23.3 Å². The number of aromatic nitrogens is 2. The number of ether oxygens (including phenoxy) is 3. The average molecular weight is 721 g/mol. The minimum Gasteiger partial charge on any atom is -0.493 e. The molecule has 0 bridgehead atoms. The standard InChI is InChI=1S/C38H43Cl2N5O5/c1-43(37(46)27-21-34(47-2)36(49-4)35(22-27)48-3)23-26(25-11-12-30(39)31(40)20-25)13-16-44-17-14-28(15-18-44)41-38-42-32-9-5-6-10-33(32)45(38)24-29-8-7-19-50-29/h5-12,19-22,26,28H,13-18,23-24H2,1-4H3,(H,41,42). The molecule has 10 nitrogen and oxygen atoms in total. The quantitative estimate of drug-likeness (QED) is 0.124. The van der Waals surface area contributed by atoms with Crippen molar-refractivity contribution in [1.29, 1.82) is 0 Å². The van der Waals surface area contributed by atoms with Crippen LogP contribution in [-0.4, -0.2) is 85.9 Å². The minimum atomic E-state index is -0.153. The first-order chi connectivity index (χ1) is 24.3. The maximum absolute atomic E-state index is 13.7. The molecule has 0 aliphatic carbocycles. The van der Waals surface area contributed by atoms with Crippen molar-refractivity contribution in [2.24, 2.45) is 0 Å². The fraction of sp³-hybridized carbons (Fsp3) is 0.368. The number of hydrogen-bond donors (Lipinski definition) is 1. The molecule has 3 heterocycles. The molecule has 0 radical (unpaired) electrons. The summed E-state index contributed by atoms with van der Waals surface area (Å²) in [5.41, 5.74) is 3.52. The van der Waals surface area contributed by atoms with Crippen LogP contribution in [0.15, 0.2) is 77.4 Å². The van der Waals surface area contributed by atoms with Crippen molar-refractivity contribution in [3.05, 3.63) is 99.9 Å². The summed E-state index contributed by atoms with van der Waals surface area (Å²) in [6.07, 6.45) is 4.51. The summed E-state index contributed by atoms with van der Waals surface area (Å²) in [5, 5.41) is 4.74. The second-order valence-electron chi connectivity index (χ2n) is 12.6. The number of nitrogens with zero attached hydrogens (tertiary/aromatic N) is 4. The van der Waals surface area contributed by atoms with Crippen molar-refractivity contribution < 1.29 is 23.4 Å². The van der Waals surface area contributed by atoms with E-state index in [0.717, 1.165) is 67.2 Å². The molecule has 1 aliphatic rings. The molecule has 12 heteroatoms. The van der Waals surface area contributed by atoms with Crippen molar-refractivity contribution in [3.63, 3.8) is 0 Å². The number of rotatable bonds is 14. The van der Waals surface area contributed by atoms with E-state index in [9.17, 15) is 4.79 Å². The largest absolute Gasteiger partial charge is 0.493 e. The van der Waals surface area contributed by atoms with Gasteiger partial charge in [-0.3, -0.25) is 4.79 Å². The molecule has 1 unspecified atom stereocenters. The van der Waals surface area contributed by atoms with Gasteiger partial charge in [0.15, 0.2) is 11.5 Å². The number of fused-ring (bicyclic) bond motifs is 1. The van der Waals surface area contributed by atoms with Crippen molar-refractivity contribution in [2.45, 2.75) is 37.8 Å². The average Bonchev–Trinajstić information content (AvgIpc) is 3.78. The highest BCUT2D eigenvalue weighted by Gasteiger charge is 2.26. The zero-order valence-corrected chi connectivity index (χ0v) is 30.3. The zero-order chi connectivity index (χ0) is 35.2. The molecular weight excluding hydrogens is 677 g/mol. The second-order valence-corrected chi connectivity index (χ2v) is 13.4. The van der Waals surface area contributed by atoms with Crippen molar-refractivity contribution in [2.75, 3.05) is 59.9 Å². The molecule has 1 N–H and O–H groups in total. The maximum atomic E-state index is 13.7. The van der Waals surface area contributed by atoms with Crippen LogP contribution in [0.4, 0.5) is 5.95 Å². The third-order valence-corrected chi connectivity index (χ3v) is 10.2. The molecule has 264 valence electrons. The number of benzene rings is 3. The lowest BCUT2D eigenvalue weighted by Crippen LogP contribution is -2.40. The van der Waals surface area contributed by atoms with Crippen LogP contribution < -0.4 is 19.5 Å². The Morgan fingerprint density at radius 1 is 0.980 bits per heavy atom. The van der Waals surface area contributed by atoms with Gasteiger partial charge in [-0.25, -0.2) is 4.98 Å². The molecule has 6 rings (SSSR count). The van der Waals surface area contributed by atoms with E-state index in [-0.39, 0.29) is 11.8 Å². The third-order valence-electron chi connectivity index (χ3n) is 9.43. The molecule has 1 fully saturated rings. The third kappa shape index (κ3) is 7.98. The molecule has 50 heavy (non-hydrogen) atoms. The van der Waals surface area contributed by atoms with Crippen molar-refractivity contribution >= 4 is 46.1 Å². The molecule has 0 spiro atoms. The van der Waals surface area contributed by atoms with Crippen LogP contribution in [0.25, 0.3) is 11.0 Å². The molecule has 1 amide bonds. The summed E-state index contributed by atoms with van der Waals surface area (Å²) in [7, 11) is 6.42. The number of furan rings is 1. The van der Waals surface area contributed by atoms with Gasteiger partial charge in [-0.2, -0.15) is 0 Å². The van der Waals surface area contributed by atoms with Gasteiger partial charge in [-0.1, -0.05) is 41.4 Å². The Morgan fingerprint density at radius 3 is 2.38 bits per heavy atom. The van der Waals surface area contributed by atoms with E-state index in [1.165, 1.54) is 21.3 Å². The number of likely N-dealkylation sites (N-methyl/N-ethyl adjacent to an activating group) is 1. The number of carbonyl (C=O) groups is 1. The van der Waals surface area contributed by atoms with Crippen LogP contribution in [0, 0.1) is 0 Å². The van der Waals surface area contributed by atoms with E-state index in [1.807, 2.05) is 55.6 Å². The number of piperidine rings is 1. The number of carbonyl (C=O) groups excluding carboxylic acids is 1. The zero-order valence-electron chi connectivity index (χ0n) is 28.8. The lowest BCUT2D eigenvalue weighted by molar-refractivity contribution is 0.0781. The molecule has 1 saturated heterocycles. The first kappa shape index (κ1) is 35.4. The molecule has 0 saturated carbocycles. The van der Waals surface area contributed by atoms with Crippen LogP contribution in [0.5, 0.6) is 17.2 Å². The second kappa shape index (κ2) is 16.1. The predicted molar refractivity (Wildman–Crippen MR) is 198 cm³/mol. The highest BCUT2D eigenvalue weighted by molar-refractivity contribution is 6.42. The Kier molecular flexibility index (Phi) is 11.4. The summed E-state index contributed by atoms with van der Waals surface area (Å²) in [6, 6.07) is 21.5. The number of methoxy groups -OCH3 is 3. The van der Waals surface area contributed by atoms with Crippen LogP contribution in [0.3, 0.4) is 0 Å². The van der Waals surface area contributed by atoms with Crippen LogP contribution in [0.1, 0.15) is 46.9 Å². The maximum Gasteiger partial charge on any atom is 0.253 e. The highest BCUT2D eigenvalue weighted by atomic mass is 35.5. The molecule has 5 aromatic rings. The fourth-order valence-corrected chi connectivity index (χ4v) is 7.00. The summed E-state index contributed by atoms with van der Waals surface area (Å²) >= 11 is 12.8. The summed E-state index contributed by atoms with van der Waals surface area (Å²) in [5.74, 6) is 2.92. The lowest BCUT2D eigenvalue weighted by Gasteiger charge is -2.34. The van der Waals surface area contributed by atoms with Crippen LogP contribution in [0.2, 0.25) is 10.0 Å². The Labute approximate surface area is 302 Å². The van der Waals surface area contributed by atoms with Crippen molar-refractivity contribution in [3.8, 4) is 17.2 Å². The van der Waals surface area contributed by atoms with Gasteiger partial charge < -0.3 is 38.3 Å². The van der Waals surface area contributed by atoms with E-state index in [4.69, 9.17) is 46.8 Å². The van der Waals surface area contributed by atoms with Crippen LogP contribution >= 0.6 is 23.2 Å². The number of halogens is 2. The SMILES string of the molecule is COc1cc(C(=O)N(C)CC(CCN2CCC(Nc3nc4ccccc4n3Cc3ccco3)CC2)c2ccc(Cl)c(Cl)c2)cc(OC)c1OC. The predicted octanol–water partition coefficient (Wildman–Crippen LogP) is 7.83. The molecular formula is C38H43Cl2N5O5. The number of imidazole rings is 1. The smallest absolute Gasteiger partial charge is 0.253 e. The topological polar surface area (TPSA) is 94.2 Å². The van der Waals surface area contributed by atoms with Gasteiger partial charge >= 0.3 is 0 Å². The van der Waals surface area contributed by atoms with E-state index in [2.05, 4.69) is 20.9 Å². The number of amides is 1. The van der Waals surface area contributed by atoms with E-state index < -0.39 is 0 Å². The molecule has 2 aromatic heterocycles. The highest BCUT2D eigenvalue weighted by Crippen LogP contribution is 2.39. The Bertz CT molecular complexity index is 1880. The Hall–Kier alpha value is -4.38.